The second-order valence-corrected chi connectivity index (χ2v) is 4.74. The van der Waals surface area contributed by atoms with Gasteiger partial charge in [-0.25, -0.2) is 8.78 Å². The lowest BCUT2D eigenvalue weighted by Gasteiger charge is -2.16. The maximum absolute atomic E-state index is 13.8. The molecule has 2 nitrogen and oxygen atoms in total. The van der Waals surface area contributed by atoms with E-state index in [1.807, 2.05) is 0 Å². The van der Waals surface area contributed by atoms with Crippen LogP contribution < -0.4 is 0 Å². The summed E-state index contributed by atoms with van der Waals surface area (Å²) >= 11 is 5.56. The molecule has 1 N–H and O–H groups in total. The lowest BCUT2D eigenvalue weighted by atomic mass is 9.90. The van der Waals surface area contributed by atoms with Gasteiger partial charge >= 0.3 is 5.97 Å². The Balaban J connectivity index is 2.38. The first-order valence-corrected chi connectivity index (χ1v) is 5.73. The maximum Gasteiger partial charge on any atom is 0.303 e. The summed E-state index contributed by atoms with van der Waals surface area (Å²) in [4.78, 5) is 10.7. The van der Waals surface area contributed by atoms with Gasteiger partial charge in [-0.15, -0.1) is 0 Å². The molecular formula is C12H11ClF2O2. The standard InChI is InChI=1S/C12H11ClF2O2/c13-10-4-7(14)3-9(12(10)15)8(5-11(16)17)6-1-2-6/h3-4,6,8H,1-2,5H2,(H,16,17). The van der Waals surface area contributed by atoms with E-state index in [0.717, 1.165) is 25.0 Å². The molecule has 1 atom stereocenters. The van der Waals surface area contributed by atoms with E-state index in [4.69, 9.17) is 16.7 Å². The average molecular weight is 261 g/mol. The molecule has 1 aliphatic carbocycles. The molecule has 1 fully saturated rings. The Kier molecular flexibility index (Phi) is 3.33. The lowest BCUT2D eigenvalue weighted by Crippen LogP contribution is -2.10. The van der Waals surface area contributed by atoms with Crippen molar-refractivity contribution in [3.8, 4) is 0 Å². The molecule has 0 saturated heterocycles. The van der Waals surface area contributed by atoms with E-state index in [1.54, 1.807) is 0 Å². The second-order valence-electron chi connectivity index (χ2n) is 4.33. The molecule has 17 heavy (non-hydrogen) atoms. The first-order valence-electron chi connectivity index (χ1n) is 5.35. The van der Waals surface area contributed by atoms with Crippen molar-refractivity contribution in [1.82, 2.24) is 0 Å². The van der Waals surface area contributed by atoms with E-state index in [9.17, 15) is 13.6 Å². The molecule has 5 heteroatoms. The third-order valence-electron chi connectivity index (χ3n) is 3.01. The molecule has 0 heterocycles. The van der Waals surface area contributed by atoms with Crippen LogP contribution in [0.5, 0.6) is 0 Å². The number of hydrogen-bond donors (Lipinski definition) is 1. The number of carbonyl (C=O) groups is 1. The van der Waals surface area contributed by atoms with Crippen molar-refractivity contribution in [2.75, 3.05) is 0 Å². The molecule has 1 aliphatic rings. The van der Waals surface area contributed by atoms with E-state index in [1.165, 1.54) is 0 Å². The molecule has 0 aliphatic heterocycles. The van der Waals surface area contributed by atoms with Gasteiger partial charge in [0, 0.05) is 5.92 Å². The highest BCUT2D eigenvalue weighted by Crippen LogP contribution is 2.46. The highest BCUT2D eigenvalue weighted by Gasteiger charge is 2.35. The zero-order valence-electron chi connectivity index (χ0n) is 8.92. The van der Waals surface area contributed by atoms with Crippen LogP contribution in [0.15, 0.2) is 12.1 Å². The molecule has 2 rings (SSSR count). The van der Waals surface area contributed by atoms with Crippen molar-refractivity contribution >= 4 is 17.6 Å². The van der Waals surface area contributed by atoms with E-state index in [-0.39, 0.29) is 22.9 Å². The van der Waals surface area contributed by atoms with Gasteiger partial charge in [0.15, 0.2) is 0 Å². The Morgan fingerprint density at radius 2 is 2.12 bits per heavy atom. The molecular weight excluding hydrogens is 250 g/mol. The molecule has 0 bridgehead atoms. The summed E-state index contributed by atoms with van der Waals surface area (Å²) < 4.78 is 27.0. The lowest BCUT2D eigenvalue weighted by molar-refractivity contribution is -0.137. The Morgan fingerprint density at radius 1 is 1.47 bits per heavy atom. The molecule has 1 aromatic rings. The van der Waals surface area contributed by atoms with E-state index >= 15 is 0 Å². The maximum atomic E-state index is 13.8. The number of benzene rings is 1. The first kappa shape index (κ1) is 12.3. The molecule has 1 saturated carbocycles. The smallest absolute Gasteiger partial charge is 0.303 e. The van der Waals surface area contributed by atoms with Gasteiger partial charge in [-0.2, -0.15) is 0 Å². The molecule has 92 valence electrons. The Morgan fingerprint density at radius 3 is 2.65 bits per heavy atom. The minimum absolute atomic E-state index is 0.0832. The number of halogens is 3. The van der Waals surface area contributed by atoms with Gasteiger partial charge in [0.1, 0.15) is 11.6 Å². The van der Waals surface area contributed by atoms with Gasteiger partial charge in [0.05, 0.1) is 11.4 Å². The SMILES string of the molecule is O=C(O)CC(c1cc(F)cc(Cl)c1F)C1CC1. The Hall–Kier alpha value is -1.16. The molecule has 1 aromatic carbocycles. The number of hydrogen-bond acceptors (Lipinski definition) is 1. The van der Waals surface area contributed by atoms with Crippen LogP contribution in [0.2, 0.25) is 5.02 Å². The van der Waals surface area contributed by atoms with Crippen molar-refractivity contribution in [2.45, 2.75) is 25.2 Å². The third-order valence-corrected chi connectivity index (χ3v) is 3.28. The minimum Gasteiger partial charge on any atom is -0.481 e. The molecule has 0 radical (unpaired) electrons. The average Bonchev–Trinajstić information content (AvgIpc) is 3.03. The van der Waals surface area contributed by atoms with Gasteiger partial charge in [-0.3, -0.25) is 4.79 Å². The van der Waals surface area contributed by atoms with Crippen molar-refractivity contribution in [3.63, 3.8) is 0 Å². The zero-order valence-corrected chi connectivity index (χ0v) is 9.68. The quantitative estimate of drug-likeness (QED) is 0.840. The summed E-state index contributed by atoms with van der Waals surface area (Å²) in [5, 5.41) is 8.51. The van der Waals surface area contributed by atoms with Crippen molar-refractivity contribution < 1.29 is 18.7 Å². The summed E-state index contributed by atoms with van der Waals surface area (Å²) in [5.74, 6) is -2.71. The van der Waals surface area contributed by atoms with Crippen molar-refractivity contribution in [1.29, 1.82) is 0 Å². The van der Waals surface area contributed by atoms with Crippen LogP contribution in [0.3, 0.4) is 0 Å². The number of rotatable bonds is 4. The second kappa shape index (κ2) is 4.61. The predicted octanol–water partition coefficient (Wildman–Crippen LogP) is 3.59. The van der Waals surface area contributed by atoms with Gasteiger partial charge in [-0.1, -0.05) is 11.6 Å². The fourth-order valence-electron chi connectivity index (χ4n) is 2.06. The molecule has 1 unspecified atom stereocenters. The minimum atomic E-state index is -1.01. The number of carboxylic acid groups (broad SMARTS) is 1. The summed E-state index contributed by atoms with van der Waals surface area (Å²) in [6.07, 6.45) is 1.51. The zero-order chi connectivity index (χ0) is 12.6. The normalized spacial score (nSPS) is 16.9. The van der Waals surface area contributed by atoms with Gasteiger partial charge < -0.3 is 5.11 Å². The van der Waals surface area contributed by atoms with Crippen LogP contribution in [0.4, 0.5) is 8.78 Å². The summed E-state index contributed by atoms with van der Waals surface area (Å²) in [5.41, 5.74) is 0.0832. The largest absolute Gasteiger partial charge is 0.481 e. The van der Waals surface area contributed by atoms with Crippen molar-refractivity contribution in [2.24, 2.45) is 5.92 Å². The van der Waals surface area contributed by atoms with Crippen LogP contribution in [-0.4, -0.2) is 11.1 Å². The van der Waals surface area contributed by atoms with Crippen LogP contribution >= 0.6 is 11.6 Å². The van der Waals surface area contributed by atoms with E-state index < -0.39 is 23.5 Å². The third kappa shape index (κ3) is 2.75. The van der Waals surface area contributed by atoms with Crippen LogP contribution in [0.25, 0.3) is 0 Å². The first-order chi connectivity index (χ1) is 7.99. The fraction of sp³-hybridized carbons (Fsp3) is 0.417. The van der Waals surface area contributed by atoms with Gasteiger partial charge in [-0.05, 0) is 36.5 Å². The van der Waals surface area contributed by atoms with Gasteiger partial charge in [0.25, 0.3) is 0 Å². The van der Waals surface area contributed by atoms with Crippen LogP contribution in [-0.2, 0) is 4.79 Å². The molecule has 0 amide bonds. The summed E-state index contributed by atoms with van der Waals surface area (Å²) in [7, 11) is 0. The topological polar surface area (TPSA) is 37.3 Å². The monoisotopic (exact) mass is 260 g/mol. The predicted molar refractivity (Wildman–Crippen MR) is 59.1 cm³/mol. The Bertz CT molecular complexity index is 458. The van der Waals surface area contributed by atoms with E-state index in [2.05, 4.69) is 0 Å². The highest BCUT2D eigenvalue weighted by atomic mass is 35.5. The summed E-state index contributed by atoms with van der Waals surface area (Å²) in [6.45, 7) is 0. The summed E-state index contributed by atoms with van der Waals surface area (Å²) in [6, 6.07) is 1.94. The van der Waals surface area contributed by atoms with E-state index in [0.29, 0.717) is 0 Å². The molecule has 0 spiro atoms. The highest BCUT2D eigenvalue weighted by molar-refractivity contribution is 6.30. The van der Waals surface area contributed by atoms with Crippen molar-refractivity contribution in [3.05, 3.63) is 34.4 Å². The number of carboxylic acids is 1. The van der Waals surface area contributed by atoms with Gasteiger partial charge in [0.2, 0.25) is 0 Å². The van der Waals surface area contributed by atoms with Crippen LogP contribution in [0.1, 0.15) is 30.7 Å². The fourth-order valence-corrected chi connectivity index (χ4v) is 2.28. The van der Waals surface area contributed by atoms with Crippen LogP contribution in [0, 0.1) is 17.6 Å². The number of aliphatic carboxylic acids is 1. The Labute approximate surface area is 102 Å². The molecule has 0 aromatic heterocycles.